The number of carbonyl (C=O) groups excluding carboxylic acids is 1. The lowest BCUT2D eigenvalue weighted by Crippen LogP contribution is -2.23. The molecule has 3 aromatic rings. The summed E-state index contributed by atoms with van der Waals surface area (Å²) >= 11 is 1.70. The zero-order valence-electron chi connectivity index (χ0n) is 15.5. The molecule has 1 amide bonds. The minimum Gasteiger partial charge on any atom is -0.385 e. The number of pyridine rings is 1. The van der Waals surface area contributed by atoms with Crippen molar-refractivity contribution in [2.45, 2.75) is 52.2 Å². The van der Waals surface area contributed by atoms with Crippen LogP contribution in [0.5, 0.6) is 0 Å². The minimum atomic E-state index is -0.736. The number of nitrogens with one attached hydrogen (secondary N) is 1. The molecule has 0 saturated carbocycles. The van der Waals surface area contributed by atoms with Crippen LogP contribution in [0.2, 0.25) is 0 Å². The number of hydrogen-bond acceptors (Lipinski definition) is 6. The van der Waals surface area contributed by atoms with Crippen molar-refractivity contribution in [3.63, 3.8) is 0 Å². The van der Waals surface area contributed by atoms with Crippen molar-refractivity contribution in [1.82, 2.24) is 24.9 Å². The fourth-order valence-corrected chi connectivity index (χ4v) is 4.38. The molecule has 0 fully saturated rings. The van der Waals surface area contributed by atoms with Crippen molar-refractivity contribution < 1.29 is 9.90 Å². The SMILES string of the molecule is CC(C)C(O)c1nnc2ccc(C(=O)NCc3nc4c(s3)CCCC4)cn12. The van der Waals surface area contributed by atoms with E-state index in [-0.39, 0.29) is 11.8 Å². The Morgan fingerprint density at radius 3 is 2.89 bits per heavy atom. The molecule has 27 heavy (non-hydrogen) atoms. The van der Waals surface area contributed by atoms with Crippen molar-refractivity contribution in [1.29, 1.82) is 0 Å². The number of rotatable bonds is 5. The fraction of sp³-hybridized carbons (Fsp3) is 0.474. The van der Waals surface area contributed by atoms with Crippen molar-refractivity contribution in [3.8, 4) is 0 Å². The number of fused-ring (bicyclic) bond motifs is 2. The second kappa shape index (κ2) is 7.36. The summed E-state index contributed by atoms with van der Waals surface area (Å²) in [4.78, 5) is 18.6. The van der Waals surface area contributed by atoms with E-state index >= 15 is 0 Å². The van der Waals surface area contributed by atoms with Gasteiger partial charge in [0, 0.05) is 11.1 Å². The molecule has 8 heteroatoms. The molecule has 2 N–H and O–H groups in total. The lowest BCUT2D eigenvalue weighted by Gasteiger charge is -2.12. The molecule has 142 valence electrons. The van der Waals surface area contributed by atoms with Crippen LogP contribution >= 0.6 is 11.3 Å². The van der Waals surface area contributed by atoms with Crippen LogP contribution in [-0.4, -0.2) is 30.6 Å². The summed E-state index contributed by atoms with van der Waals surface area (Å²) in [6.07, 6.45) is 5.52. The number of thiazole rings is 1. The highest BCUT2D eigenvalue weighted by Gasteiger charge is 2.20. The summed E-state index contributed by atoms with van der Waals surface area (Å²) in [6.45, 7) is 4.25. The highest BCUT2D eigenvalue weighted by atomic mass is 32.1. The van der Waals surface area contributed by atoms with Crippen LogP contribution in [0.25, 0.3) is 5.65 Å². The largest absolute Gasteiger partial charge is 0.385 e. The summed E-state index contributed by atoms with van der Waals surface area (Å²) in [7, 11) is 0. The van der Waals surface area contributed by atoms with Gasteiger partial charge >= 0.3 is 0 Å². The summed E-state index contributed by atoms with van der Waals surface area (Å²) in [5, 5.41) is 22.4. The molecule has 0 bridgehead atoms. The maximum Gasteiger partial charge on any atom is 0.253 e. The standard InChI is InChI=1S/C19H23N5O2S/c1-11(2)17(25)18-23-22-15-8-7-12(10-24(15)18)19(26)20-9-16-21-13-5-3-4-6-14(13)27-16/h7-8,10-11,17,25H,3-6,9H2,1-2H3,(H,20,26). The third-order valence-corrected chi connectivity index (χ3v) is 6.03. The highest BCUT2D eigenvalue weighted by Crippen LogP contribution is 2.26. The molecular weight excluding hydrogens is 362 g/mol. The number of nitrogens with zero attached hydrogens (tertiary/aromatic N) is 4. The summed E-state index contributed by atoms with van der Waals surface area (Å²) in [5.74, 6) is 0.275. The van der Waals surface area contributed by atoms with Gasteiger partial charge in [-0.2, -0.15) is 0 Å². The van der Waals surface area contributed by atoms with Gasteiger partial charge in [0.2, 0.25) is 0 Å². The van der Waals surface area contributed by atoms with Crippen LogP contribution in [-0.2, 0) is 19.4 Å². The van der Waals surface area contributed by atoms with Gasteiger partial charge in [0.1, 0.15) is 11.1 Å². The van der Waals surface area contributed by atoms with Gasteiger partial charge in [-0.15, -0.1) is 21.5 Å². The Labute approximate surface area is 161 Å². The van der Waals surface area contributed by atoms with Crippen molar-refractivity contribution >= 4 is 22.9 Å². The Kier molecular flexibility index (Phi) is 4.92. The Bertz CT molecular complexity index is 954. The molecule has 7 nitrogen and oxygen atoms in total. The van der Waals surface area contributed by atoms with Gasteiger partial charge < -0.3 is 10.4 Å². The molecule has 1 aliphatic rings. The molecule has 0 aliphatic heterocycles. The maximum absolute atomic E-state index is 12.6. The van der Waals surface area contributed by atoms with E-state index in [1.54, 1.807) is 34.1 Å². The Balaban J connectivity index is 1.50. The van der Waals surface area contributed by atoms with Crippen molar-refractivity contribution in [2.24, 2.45) is 5.92 Å². The summed E-state index contributed by atoms with van der Waals surface area (Å²) in [5.41, 5.74) is 2.31. The van der Waals surface area contributed by atoms with Gasteiger partial charge in [0.15, 0.2) is 11.5 Å². The normalized spacial score (nSPS) is 15.1. The number of aryl methyl sites for hydroxylation is 2. The van der Waals surface area contributed by atoms with Crippen LogP contribution in [0.1, 0.15) is 64.6 Å². The predicted octanol–water partition coefficient (Wildman–Crippen LogP) is 2.68. The second-order valence-electron chi connectivity index (χ2n) is 7.26. The average Bonchev–Trinajstić information content (AvgIpc) is 3.28. The molecule has 0 radical (unpaired) electrons. The van der Waals surface area contributed by atoms with E-state index in [1.807, 2.05) is 13.8 Å². The third-order valence-electron chi connectivity index (χ3n) is 4.88. The van der Waals surface area contributed by atoms with Crippen molar-refractivity contribution in [2.75, 3.05) is 0 Å². The zero-order chi connectivity index (χ0) is 19.0. The predicted molar refractivity (Wildman–Crippen MR) is 103 cm³/mol. The first kappa shape index (κ1) is 18.1. The molecule has 1 atom stereocenters. The molecule has 3 aromatic heterocycles. The molecule has 1 unspecified atom stereocenters. The van der Waals surface area contributed by atoms with Crippen LogP contribution in [0.4, 0.5) is 0 Å². The molecule has 0 aromatic carbocycles. The van der Waals surface area contributed by atoms with E-state index < -0.39 is 6.10 Å². The minimum absolute atomic E-state index is 0.00539. The monoisotopic (exact) mass is 385 g/mol. The van der Waals surface area contributed by atoms with E-state index in [9.17, 15) is 9.90 Å². The zero-order valence-corrected chi connectivity index (χ0v) is 16.3. The van der Waals surface area contributed by atoms with E-state index in [2.05, 4.69) is 20.5 Å². The topological polar surface area (TPSA) is 92.4 Å². The number of hydrogen-bond donors (Lipinski definition) is 2. The molecular formula is C19H23N5O2S. The Morgan fingerprint density at radius 2 is 2.11 bits per heavy atom. The highest BCUT2D eigenvalue weighted by molar-refractivity contribution is 7.11. The summed E-state index contributed by atoms with van der Waals surface area (Å²) < 4.78 is 1.68. The van der Waals surface area contributed by atoms with Crippen LogP contribution in [0, 0.1) is 5.92 Å². The Hall–Kier alpha value is -2.32. The molecule has 0 spiro atoms. The number of aliphatic hydroxyl groups is 1. The first-order chi connectivity index (χ1) is 13.0. The van der Waals surface area contributed by atoms with E-state index in [4.69, 9.17) is 0 Å². The maximum atomic E-state index is 12.6. The molecule has 0 saturated heterocycles. The van der Waals surface area contributed by atoms with Crippen molar-refractivity contribution in [3.05, 3.63) is 45.3 Å². The number of carbonyl (C=O) groups is 1. The fourth-order valence-electron chi connectivity index (χ4n) is 3.28. The van der Waals surface area contributed by atoms with Crippen LogP contribution in [0.3, 0.4) is 0 Å². The summed E-state index contributed by atoms with van der Waals surface area (Å²) in [6, 6.07) is 3.46. The number of amides is 1. The van der Waals surface area contributed by atoms with Gasteiger partial charge in [0.05, 0.1) is 17.8 Å². The number of aliphatic hydroxyl groups excluding tert-OH is 1. The van der Waals surface area contributed by atoms with E-state index in [1.165, 1.54) is 23.4 Å². The first-order valence-electron chi connectivity index (χ1n) is 9.31. The molecule has 4 rings (SSSR count). The lowest BCUT2D eigenvalue weighted by atomic mass is 10.0. The van der Waals surface area contributed by atoms with Crippen LogP contribution in [0.15, 0.2) is 18.3 Å². The lowest BCUT2D eigenvalue weighted by molar-refractivity contribution is 0.0949. The third kappa shape index (κ3) is 3.59. The average molecular weight is 385 g/mol. The van der Waals surface area contributed by atoms with E-state index in [0.29, 0.717) is 23.6 Å². The van der Waals surface area contributed by atoms with Gasteiger partial charge in [-0.05, 0) is 43.7 Å². The van der Waals surface area contributed by atoms with Gasteiger partial charge in [-0.1, -0.05) is 13.8 Å². The Morgan fingerprint density at radius 1 is 1.30 bits per heavy atom. The van der Waals surface area contributed by atoms with Gasteiger partial charge in [-0.3, -0.25) is 9.20 Å². The quantitative estimate of drug-likeness (QED) is 0.704. The van der Waals surface area contributed by atoms with Gasteiger partial charge in [0.25, 0.3) is 5.91 Å². The van der Waals surface area contributed by atoms with E-state index in [0.717, 1.165) is 17.8 Å². The second-order valence-corrected chi connectivity index (χ2v) is 8.43. The number of aromatic nitrogens is 4. The molecule has 3 heterocycles. The molecule has 1 aliphatic carbocycles. The van der Waals surface area contributed by atoms with Crippen LogP contribution < -0.4 is 5.32 Å². The van der Waals surface area contributed by atoms with Gasteiger partial charge in [-0.25, -0.2) is 4.98 Å². The first-order valence-corrected chi connectivity index (χ1v) is 10.1. The smallest absolute Gasteiger partial charge is 0.253 e.